The second-order valence-electron chi connectivity index (χ2n) is 3.83. The molecular formula is C9H13BrN2O3S2. The number of nitrogens with zero attached hydrogens (tertiary/aromatic N) is 1. The average Bonchev–Trinajstić information content (AvgIpc) is 2.85. The van der Waals surface area contributed by atoms with Gasteiger partial charge >= 0.3 is 0 Å². The normalized spacial score (nSPS) is 20.9. The van der Waals surface area contributed by atoms with Crippen LogP contribution >= 0.6 is 27.3 Å². The van der Waals surface area contributed by atoms with Crippen LogP contribution in [0.4, 0.5) is 0 Å². The zero-order valence-corrected chi connectivity index (χ0v) is 12.5. The molecule has 1 aliphatic rings. The standard InChI is InChI=1S/C9H13BrN2O3S2/c1-6-8(16-9(10)12-6)17(13,14)11-5-7-3-2-4-15-7/h7,11H,2-5H2,1H3/t7-/m1/s1. The lowest BCUT2D eigenvalue weighted by atomic mass is 10.2. The SMILES string of the molecule is Cc1nc(Br)sc1S(=O)(=O)NC[C@H]1CCCO1. The van der Waals surface area contributed by atoms with E-state index in [4.69, 9.17) is 4.74 Å². The maximum absolute atomic E-state index is 12.0. The van der Waals surface area contributed by atoms with Gasteiger partial charge in [-0.15, -0.1) is 0 Å². The van der Waals surface area contributed by atoms with Crippen LogP contribution in [0.1, 0.15) is 18.5 Å². The smallest absolute Gasteiger partial charge is 0.252 e. The van der Waals surface area contributed by atoms with E-state index in [1.807, 2.05) is 0 Å². The molecule has 96 valence electrons. The molecule has 1 saturated heterocycles. The van der Waals surface area contributed by atoms with Gasteiger partial charge in [-0.1, -0.05) is 11.3 Å². The second-order valence-corrected chi connectivity index (χ2v) is 8.06. The topological polar surface area (TPSA) is 68.3 Å². The van der Waals surface area contributed by atoms with Gasteiger partial charge in [0.2, 0.25) is 0 Å². The van der Waals surface area contributed by atoms with Gasteiger partial charge in [0.05, 0.1) is 11.8 Å². The van der Waals surface area contributed by atoms with E-state index in [1.54, 1.807) is 6.92 Å². The minimum absolute atomic E-state index is 0.00134. The number of aryl methyl sites for hydroxylation is 1. The molecule has 0 radical (unpaired) electrons. The molecule has 17 heavy (non-hydrogen) atoms. The maximum Gasteiger partial charge on any atom is 0.252 e. The number of sulfonamides is 1. The van der Waals surface area contributed by atoms with Crippen molar-refractivity contribution in [3.8, 4) is 0 Å². The van der Waals surface area contributed by atoms with E-state index < -0.39 is 10.0 Å². The third kappa shape index (κ3) is 3.25. The lowest BCUT2D eigenvalue weighted by Gasteiger charge is -2.10. The van der Waals surface area contributed by atoms with Crippen LogP contribution in [0.2, 0.25) is 0 Å². The summed E-state index contributed by atoms with van der Waals surface area (Å²) in [6, 6.07) is 0. The van der Waals surface area contributed by atoms with E-state index in [-0.39, 0.29) is 10.3 Å². The first-order chi connectivity index (χ1) is 7.99. The van der Waals surface area contributed by atoms with Crippen LogP contribution in [-0.4, -0.2) is 32.7 Å². The highest BCUT2D eigenvalue weighted by molar-refractivity contribution is 9.11. The summed E-state index contributed by atoms with van der Waals surface area (Å²) in [6.45, 7) is 2.73. The Kier molecular flexibility index (Phi) is 4.19. The number of hydrogen-bond acceptors (Lipinski definition) is 5. The molecule has 1 atom stereocenters. The molecule has 8 heteroatoms. The Labute approximate surface area is 113 Å². The van der Waals surface area contributed by atoms with Crippen LogP contribution in [0.25, 0.3) is 0 Å². The minimum Gasteiger partial charge on any atom is -0.377 e. The van der Waals surface area contributed by atoms with E-state index in [9.17, 15) is 8.42 Å². The van der Waals surface area contributed by atoms with E-state index in [0.29, 0.717) is 16.2 Å². The average molecular weight is 341 g/mol. The highest BCUT2D eigenvalue weighted by atomic mass is 79.9. The molecule has 2 heterocycles. The van der Waals surface area contributed by atoms with Gasteiger partial charge in [0.25, 0.3) is 10.0 Å². The van der Waals surface area contributed by atoms with Gasteiger partial charge in [0.1, 0.15) is 0 Å². The number of halogens is 1. The molecular weight excluding hydrogens is 328 g/mol. The van der Waals surface area contributed by atoms with Crippen molar-refractivity contribution in [3.63, 3.8) is 0 Å². The quantitative estimate of drug-likeness (QED) is 0.905. The summed E-state index contributed by atoms with van der Waals surface area (Å²) in [5.74, 6) is 0. The molecule has 1 fully saturated rings. The van der Waals surface area contributed by atoms with Crippen LogP contribution in [0, 0.1) is 6.92 Å². The first kappa shape index (κ1) is 13.4. The summed E-state index contributed by atoms with van der Waals surface area (Å²) in [4.78, 5) is 4.04. The van der Waals surface area contributed by atoms with Crippen molar-refractivity contribution < 1.29 is 13.2 Å². The molecule has 1 aliphatic heterocycles. The Balaban J connectivity index is 2.05. The van der Waals surface area contributed by atoms with Crippen molar-refractivity contribution in [2.45, 2.75) is 30.1 Å². The number of ether oxygens (including phenoxy) is 1. The zero-order chi connectivity index (χ0) is 12.5. The Morgan fingerprint density at radius 1 is 1.65 bits per heavy atom. The molecule has 0 aromatic carbocycles. The van der Waals surface area contributed by atoms with E-state index >= 15 is 0 Å². The van der Waals surface area contributed by atoms with Crippen molar-refractivity contribution >= 4 is 37.3 Å². The molecule has 1 aromatic heterocycles. The lowest BCUT2D eigenvalue weighted by molar-refractivity contribution is 0.114. The molecule has 1 N–H and O–H groups in total. The predicted octanol–water partition coefficient (Wildman–Crippen LogP) is 1.67. The molecule has 2 rings (SSSR count). The van der Waals surface area contributed by atoms with Gasteiger partial charge in [0, 0.05) is 13.2 Å². The molecule has 0 unspecified atom stereocenters. The number of aromatic nitrogens is 1. The number of rotatable bonds is 4. The van der Waals surface area contributed by atoms with Crippen molar-refractivity contribution in [2.24, 2.45) is 0 Å². The summed E-state index contributed by atoms with van der Waals surface area (Å²) < 4.78 is 32.8. The summed E-state index contributed by atoms with van der Waals surface area (Å²) in [5, 5.41) is 0. The summed E-state index contributed by atoms with van der Waals surface area (Å²) in [6.07, 6.45) is 1.91. The second kappa shape index (κ2) is 5.31. The summed E-state index contributed by atoms with van der Waals surface area (Å²) in [7, 11) is -3.46. The fourth-order valence-corrected chi connectivity index (χ4v) is 5.10. The minimum atomic E-state index is -3.46. The predicted molar refractivity (Wildman–Crippen MR) is 68.7 cm³/mol. The third-order valence-electron chi connectivity index (χ3n) is 2.50. The Hall–Kier alpha value is -0.0200. The summed E-state index contributed by atoms with van der Waals surface area (Å²) in [5.41, 5.74) is 0.515. The molecule has 0 aliphatic carbocycles. The summed E-state index contributed by atoms with van der Waals surface area (Å²) >= 11 is 4.30. The van der Waals surface area contributed by atoms with Gasteiger partial charge in [0.15, 0.2) is 8.13 Å². The Morgan fingerprint density at radius 3 is 2.94 bits per heavy atom. The van der Waals surface area contributed by atoms with E-state index in [2.05, 4.69) is 25.6 Å². The first-order valence-corrected chi connectivity index (χ1v) is 8.32. The van der Waals surface area contributed by atoms with Crippen LogP contribution in [-0.2, 0) is 14.8 Å². The highest BCUT2D eigenvalue weighted by Crippen LogP contribution is 2.27. The van der Waals surface area contributed by atoms with Gasteiger partial charge in [-0.3, -0.25) is 0 Å². The van der Waals surface area contributed by atoms with Crippen molar-refractivity contribution in [3.05, 3.63) is 9.61 Å². The first-order valence-electron chi connectivity index (χ1n) is 5.23. The van der Waals surface area contributed by atoms with Crippen LogP contribution in [0.15, 0.2) is 8.13 Å². The van der Waals surface area contributed by atoms with Crippen LogP contribution < -0.4 is 4.72 Å². The number of hydrogen-bond donors (Lipinski definition) is 1. The lowest BCUT2D eigenvalue weighted by Crippen LogP contribution is -2.31. The fourth-order valence-electron chi connectivity index (χ4n) is 1.67. The fraction of sp³-hybridized carbons (Fsp3) is 0.667. The monoisotopic (exact) mass is 340 g/mol. The highest BCUT2D eigenvalue weighted by Gasteiger charge is 2.23. The van der Waals surface area contributed by atoms with Gasteiger partial charge in [-0.2, -0.15) is 0 Å². The van der Waals surface area contributed by atoms with Crippen molar-refractivity contribution in [1.29, 1.82) is 0 Å². The van der Waals surface area contributed by atoms with Gasteiger partial charge in [-0.05, 0) is 35.7 Å². The van der Waals surface area contributed by atoms with Crippen LogP contribution in [0.5, 0.6) is 0 Å². The van der Waals surface area contributed by atoms with Gasteiger partial charge in [-0.25, -0.2) is 18.1 Å². The van der Waals surface area contributed by atoms with Crippen LogP contribution in [0.3, 0.4) is 0 Å². The largest absolute Gasteiger partial charge is 0.377 e. The molecule has 1 aromatic rings. The maximum atomic E-state index is 12.0. The molecule has 0 bridgehead atoms. The Bertz CT molecular complexity index is 494. The van der Waals surface area contributed by atoms with E-state index in [0.717, 1.165) is 30.8 Å². The Morgan fingerprint density at radius 2 is 2.41 bits per heavy atom. The zero-order valence-electron chi connectivity index (χ0n) is 9.27. The van der Waals surface area contributed by atoms with Gasteiger partial charge < -0.3 is 4.74 Å². The molecule has 0 spiro atoms. The molecule has 0 amide bonds. The number of thiazole rings is 1. The number of nitrogens with one attached hydrogen (secondary N) is 1. The van der Waals surface area contributed by atoms with E-state index in [1.165, 1.54) is 0 Å². The van der Waals surface area contributed by atoms with Crippen molar-refractivity contribution in [1.82, 2.24) is 9.71 Å². The molecule has 5 nitrogen and oxygen atoms in total. The third-order valence-corrected chi connectivity index (χ3v) is 6.14. The van der Waals surface area contributed by atoms with Crippen molar-refractivity contribution in [2.75, 3.05) is 13.2 Å². The molecule has 0 saturated carbocycles.